The number of aromatic hydroxyl groups is 1. The molecule has 0 aliphatic rings. The molecule has 1 rings (SSSR count). The van der Waals surface area contributed by atoms with Crippen molar-refractivity contribution >= 4 is 11.8 Å². The summed E-state index contributed by atoms with van der Waals surface area (Å²) in [4.78, 5) is 0. The largest absolute Gasteiger partial charge is 0.508 e. The Balaban J connectivity index is 2.72. The van der Waals surface area contributed by atoms with E-state index in [4.69, 9.17) is 0 Å². The summed E-state index contributed by atoms with van der Waals surface area (Å²) in [6.45, 7) is 3.99. The number of thioether (sulfide) groups is 1. The topological polar surface area (TPSA) is 32.3 Å². The minimum absolute atomic E-state index is 0.0575. The van der Waals surface area contributed by atoms with Gasteiger partial charge in [-0.2, -0.15) is 11.8 Å². The summed E-state index contributed by atoms with van der Waals surface area (Å²) in [5.41, 5.74) is 0.605. The van der Waals surface area contributed by atoms with Crippen LogP contribution in [0.1, 0.15) is 25.5 Å². The van der Waals surface area contributed by atoms with Crippen molar-refractivity contribution in [2.45, 2.75) is 25.9 Å². The van der Waals surface area contributed by atoms with E-state index in [1.165, 1.54) is 18.2 Å². The smallest absolute Gasteiger partial charge is 0.123 e. The summed E-state index contributed by atoms with van der Waals surface area (Å²) in [7, 11) is 0. The molecule has 1 aromatic rings. The van der Waals surface area contributed by atoms with Gasteiger partial charge in [0.15, 0.2) is 0 Å². The molecule has 2 atom stereocenters. The number of hydrogen-bond donors (Lipinski definition) is 2. The summed E-state index contributed by atoms with van der Waals surface area (Å²) in [5, 5.41) is 13.0. The van der Waals surface area contributed by atoms with Crippen molar-refractivity contribution < 1.29 is 9.50 Å². The van der Waals surface area contributed by atoms with E-state index in [0.29, 0.717) is 11.6 Å². The van der Waals surface area contributed by atoms with Crippen LogP contribution in [0.4, 0.5) is 4.39 Å². The normalized spacial score (nSPS) is 14.8. The van der Waals surface area contributed by atoms with Crippen LogP contribution >= 0.6 is 11.8 Å². The highest BCUT2D eigenvalue weighted by Gasteiger charge is 2.13. The molecule has 1 aromatic carbocycles. The number of halogens is 1. The highest BCUT2D eigenvalue weighted by Crippen LogP contribution is 2.25. The summed E-state index contributed by atoms with van der Waals surface area (Å²) in [6.07, 6.45) is 2.04. The second kappa shape index (κ2) is 6.11. The minimum Gasteiger partial charge on any atom is -0.508 e. The highest BCUT2D eigenvalue weighted by atomic mass is 32.2. The first kappa shape index (κ1) is 13.3. The number of rotatable bonds is 5. The molecule has 2 nitrogen and oxygen atoms in total. The van der Waals surface area contributed by atoms with Gasteiger partial charge in [-0.05, 0) is 38.3 Å². The van der Waals surface area contributed by atoms with Gasteiger partial charge in [0.05, 0.1) is 0 Å². The van der Waals surface area contributed by atoms with Gasteiger partial charge in [0.1, 0.15) is 11.6 Å². The second-order valence-electron chi connectivity index (χ2n) is 3.95. The SMILES string of the molecule is CSCC(C)NC(C)c1cc(F)ccc1O. The van der Waals surface area contributed by atoms with Crippen LogP contribution < -0.4 is 5.32 Å². The molecule has 0 aromatic heterocycles. The fourth-order valence-electron chi connectivity index (χ4n) is 1.69. The molecule has 0 aliphatic heterocycles. The fraction of sp³-hybridized carbons (Fsp3) is 0.500. The van der Waals surface area contributed by atoms with Crippen molar-refractivity contribution in [3.63, 3.8) is 0 Å². The summed E-state index contributed by atoms with van der Waals surface area (Å²) >= 11 is 1.76. The quantitative estimate of drug-likeness (QED) is 0.834. The lowest BCUT2D eigenvalue weighted by Gasteiger charge is -2.20. The van der Waals surface area contributed by atoms with E-state index in [1.807, 2.05) is 13.2 Å². The standard InChI is InChI=1S/C12H18FNOS/c1-8(7-16-3)14-9(2)11-6-10(13)4-5-12(11)15/h4-6,8-9,14-15H,7H2,1-3H3. The van der Waals surface area contributed by atoms with Gasteiger partial charge in [-0.3, -0.25) is 0 Å². The number of nitrogens with one attached hydrogen (secondary N) is 1. The van der Waals surface area contributed by atoms with Crippen LogP contribution in [-0.4, -0.2) is 23.2 Å². The van der Waals surface area contributed by atoms with Gasteiger partial charge in [0.25, 0.3) is 0 Å². The summed E-state index contributed by atoms with van der Waals surface area (Å²) < 4.78 is 13.0. The molecule has 0 spiro atoms. The molecule has 0 aliphatic carbocycles. The molecular formula is C12H18FNOS. The molecule has 0 amide bonds. The summed E-state index contributed by atoms with van der Waals surface area (Å²) in [6, 6.07) is 4.29. The van der Waals surface area contributed by atoms with Gasteiger partial charge in [0.2, 0.25) is 0 Å². The van der Waals surface area contributed by atoms with Gasteiger partial charge < -0.3 is 10.4 Å². The van der Waals surface area contributed by atoms with E-state index in [0.717, 1.165) is 5.75 Å². The van der Waals surface area contributed by atoms with Crippen LogP contribution in [0.2, 0.25) is 0 Å². The molecule has 0 bridgehead atoms. The maximum Gasteiger partial charge on any atom is 0.123 e. The van der Waals surface area contributed by atoms with E-state index in [1.54, 1.807) is 11.8 Å². The summed E-state index contributed by atoms with van der Waals surface area (Å²) in [5.74, 6) is 0.803. The van der Waals surface area contributed by atoms with Crippen molar-refractivity contribution in [2.24, 2.45) is 0 Å². The van der Waals surface area contributed by atoms with Crippen LogP contribution in [-0.2, 0) is 0 Å². The molecule has 16 heavy (non-hydrogen) atoms. The molecule has 2 unspecified atom stereocenters. The Morgan fingerprint density at radius 3 is 2.75 bits per heavy atom. The van der Waals surface area contributed by atoms with Crippen molar-refractivity contribution in [3.8, 4) is 5.75 Å². The third kappa shape index (κ3) is 3.68. The van der Waals surface area contributed by atoms with Crippen molar-refractivity contribution in [3.05, 3.63) is 29.6 Å². The Labute approximate surface area is 100 Å². The van der Waals surface area contributed by atoms with Gasteiger partial charge >= 0.3 is 0 Å². The van der Waals surface area contributed by atoms with E-state index < -0.39 is 0 Å². The lowest BCUT2D eigenvalue weighted by molar-refractivity contribution is 0.440. The Hall–Kier alpha value is -0.740. The van der Waals surface area contributed by atoms with E-state index >= 15 is 0 Å². The zero-order chi connectivity index (χ0) is 12.1. The molecule has 0 saturated carbocycles. The maximum atomic E-state index is 13.0. The molecule has 0 heterocycles. The number of phenols is 1. The zero-order valence-electron chi connectivity index (χ0n) is 9.83. The monoisotopic (exact) mass is 243 g/mol. The molecule has 90 valence electrons. The van der Waals surface area contributed by atoms with Gasteiger partial charge in [-0.25, -0.2) is 4.39 Å². The Bertz CT molecular complexity index is 346. The van der Waals surface area contributed by atoms with Gasteiger partial charge in [0, 0.05) is 23.4 Å². The number of benzene rings is 1. The number of phenolic OH excluding ortho intramolecular Hbond substituents is 1. The average Bonchev–Trinajstić information content (AvgIpc) is 2.21. The lowest BCUT2D eigenvalue weighted by atomic mass is 10.1. The average molecular weight is 243 g/mol. The Kier molecular flexibility index (Phi) is 5.09. The predicted octanol–water partition coefficient (Wildman–Crippen LogP) is 2.93. The van der Waals surface area contributed by atoms with E-state index in [-0.39, 0.29) is 17.6 Å². The van der Waals surface area contributed by atoms with Crippen LogP contribution in [0.5, 0.6) is 5.75 Å². The first-order valence-corrected chi connectivity index (χ1v) is 6.67. The predicted molar refractivity (Wildman–Crippen MR) is 67.5 cm³/mol. The van der Waals surface area contributed by atoms with Crippen molar-refractivity contribution in [1.82, 2.24) is 5.32 Å². The molecule has 0 fully saturated rings. The third-order valence-corrected chi connectivity index (χ3v) is 3.24. The third-order valence-electron chi connectivity index (χ3n) is 2.41. The molecule has 2 N–H and O–H groups in total. The first-order valence-electron chi connectivity index (χ1n) is 5.28. The van der Waals surface area contributed by atoms with E-state index in [2.05, 4.69) is 12.2 Å². The highest BCUT2D eigenvalue weighted by molar-refractivity contribution is 7.98. The van der Waals surface area contributed by atoms with Gasteiger partial charge in [-0.1, -0.05) is 0 Å². The molecular weight excluding hydrogens is 225 g/mol. The van der Waals surface area contributed by atoms with Crippen molar-refractivity contribution in [1.29, 1.82) is 0 Å². The maximum absolute atomic E-state index is 13.0. The van der Waals surface area contributed by atoms with Gasteiger partial charge in [-0.15, -0.1) is 0 Å². The first-order chi connectivity index (χ1) is 7.54. The molecule has 0 radical (unpaired) electrons. The zero-order valence-corrected chi connectivity index (χ0v) is 10.6. The van der Waals surface area contributed by atoms with Crippen molar-refractivity contribution in [2.75, 3.05) is 12.0 Å². The Morgan fingerprint density at radius 1 is 1.44 bits per heavy atom. The molecule has 0 saturated heterocycles. The van der Waals surface area contributed by atoms with Crippen LogP contribution in [0.25, 0.3) is 0 Å². The van der Waals surface area contributed by atoms with E-state index in [9.17, 15) is 9.50 Å². The second-order valence-corrected chi connectivity index (χ2v) is 4.86. The van der Waals surface area contributed by atoms with Crippen LogP contribution in [0, 0.1) is 5.82 Å². The minimum atomic E-state index is -0.320. The lowest BCUT2D eigenvalue weighted by Crippen LogP contribution is -2.30. The molecule has 4 heteroatoms. The number of hydrogen-bond acceptors (Lipinski definition) is 3. The van der Waals surface area contributed by atoms with Crippen LogP contribution in [0.3, 0.4) is 0 Å². The van der Waals surface area contributed by atoms with Crippen LogP contribution in [0.15, 0.2) is 18.2 Å². The Morgan fingerprint density at radius 2 is 2.12 bits per heavy atom. The fourth-order valence-corrected chi connectivity index (χ4v) is 2.28.